The topological polar surface area (TPSA) is 72.6 Å². The molecule has 0 saturated carbocycles. The normalized spacial score (nSPS) is 21.4. The molecule has 0 bridgehead atoms. The van der Waals surface area contributed by atoms with Crippen LogP contribution >= 0.6 is 0 Å². The van der Waals surface area contributed by atoms with Gasteiger partial charge in [0.15, 0.2) is 0 Å². The van der Waals surface area contributed by atoms with Crippen LogP contribution in [0.2, 0.25) is 0 Å². The first-order valence-corrected chi connectivity index (χ1v) is 8.39. The van der Waals surface area contributed by atoms with E-state index in [0.717, 1.165) is 25.7 Å². The SMILES string of the molecule is COc1ccc(S(=O)(=O)N2CCCCCC2CN)cc1. The number of hydrogen-bond donors (Lipinski definition) is 1. The number of methoxy groups -OCH3 is 1. The van der Waals surface area contributed by atoms with E-state index in [9.17, 15) is 8.42 Å². The highest BCUT2D eigenvalue weighted by Crippen LogP contribution is 2.25. The quantitative estimate of drug-likeness (QED) is 0.916. The van der Waals surface area contributed by atoms with Crippen molar-refractivity contribution < 1.29 is 13.2 Å². The van der Waals surface area contributed by atoms with Gasteiger partial charge in [-0.05, 0) is 37.1 Å². The summed E-state index contributed by atoms with van der Waals surface area (Å²) in [5, 5.41) is 0. The van der Waals surface area contributed by atoms with Crippen molar-refractivity contribution in [1.29, 1.82) is 0 Å². The summed E-state index contributed by atoms with van der Waals surface area (Å²) in [6, 6.07) is 6.42. The molecule has 1 heterocycles. The molecule has 6 heteroatoms. The van der Waals surface area contributed by atoms with Crippen molar-refractivity contribution in [3.8, 4) is 5.75 Å². The molecule has 0 aliphatic carbocycles. The summed E-state index contributed by atoms with van der Waals surface area (Å²) in [6.07, 6.45) is 3.83. The molecule has 1 aromatic carbocycles. The number of hydrogen-bond acceptors (Lipinski definition) is 4. The fourth-order valence-corrected chi connectivity index (χ4v) is 4.29. The molecular formula is C14H22N2O3S. The van der Waals surface area contributed by atoms with Gasteiger partial charge in [0.2, 0.25) is 10.0 Å². The zero-order valence-electron chi connectivity index (χ0n) is 11.8. The van der Waals surface area contributed by atoms with Gasteiger partial charge in [0.25, 0.3) is 0 Å². The van der Waals surface area contributed by atoms with Gasteiger partial charge in [0, 0.05) is 19.1 Å². The maximum Gasteiger partial charge on any atom is 0.243 e. The average molecular weight is 298 g/mol. The van der Waals surface area contributed by atoms with Crippen molar-refractivity contribution in [2.24, 2.45) is 5.73 Å². The smallest absolute Gasteiger partial charge is 0.243 e. The standard InChI is InChI=1S/C14H22N2O3S/c1-19-13-6-8-14(9-7-13)20(17,18)16-10-4-2-3-5-12(16)11-15/h6-9,12H,2-5,10-11,15H2,1H3. The van der Waals surface area contributed by atoms with Gasteiger partial charge in [-0.2, -0.15) is 4.31 Å². The Morgan fingerprint density at radius 3 is 2.55 bits per heavy atom. The Bertz CT molecular complexity index is 528. The highest BCUT2D eigenvalue weighted by Gasteiger charge is 2.31. The van der Waals surface area contributed by atoms with Crippen LogP contribution in [0.5, 0.6) is 5.75 Å². The first-order chi connectivity index (χ1) is 9.59. The van der Waals surface area contributed by atoms with E-state index in [-0.39, 0.29) is 6.04 Å². The molecular weight excluding hydrogens is 276 g/mol. The van der Waals surface area contributed by atoms with Crippen molar-refractivity contribution in [2.45, 2.75) is 36.6 Å². The van der Waals surface area contributed by atoms with Gasteiger partial charge in [-0.1, -0.05) is 12.8 Å². The van der Waals surface area contributed by atoms with Gasteiger partial charge in [-0.25, -0.2) is 8.42 Å². The number of nitrogens with zero attached hydrogens (tertiary/aromatic N) is 1. The lowest BCUT2D eigenvalue weighted by molar-refractivity contribution is 0.328. The average Bonchev–Trinajstić information content (AvgIpc) is 2.73. The van der Waals surface area contributed by atoms with E-state index in [1.54, 1.807) is 35.7 Å². The Labute approximate surface area is 120 Å². The van der Waals surface area contributed by atoms with E-state index >= 15 is 0 Å². The maximum atomic E-state index is 12.7. The highest BCUT2D eigenvalue weighted by atomic mass is 32.2. The van der Waals surface area contributed by atoms with Crippen LogP contribution in [0.1, 0.15) is 25.7 Å². The lowest BCUT2D eigenvalue weighted by Gasteiger charge is -2.28. The second kappa shape index (κ2) is 6.56. The van der Waals surface area contributed by atoms with Crippen LogP contribution < -0.4 is 10.5 Å². The summed E-state index contributed by atoms with van der Waals surface area (Å²) < 4.78 is 32.1. The molecule has 1 aliphatic heterocycles. The first kappa shape index (κ1) is 15.3. The van der Waals surface area contributed by atoms with E-state index in [1.807, 2.05) is 0 Å². The molecule has 2 rings (SSSR count). The first-order valence-electron chi connectivity index (χ1n) is 6.95. The lowest BCUT2D eigenvalue weighted by atomic mass is 10.1. The van der Waals surface area contributed by atoms with Crippen LogP contribution in [-0.4, -0.2) is 39.0 Å². The molecule has 1 atom stereocenters. The summed E-state index contributed by atoms with van der Waals surface area (Å²) in [4.78, 5) is 0.304. The minimum atomic E-state index is -3.47. The van der Waals surface area contributed by atoms with Gasteiger partial charge in [-0.15, -0.1) is 0 Å². The summed E-state index contributed by atoms with van der Waals surface area (Å²) in [5.74, 6) is 0.648. The molecule has 0 spiro atoms. The third kappa shape index (κ3) is 3.13. The van der Waals surface area contributed by atoms with E-state index in [4.69, 9.17) is 10.5 Å². The van der Waals surface area contributed by atoms with Gasteiger partial charge >= 0.3 is 0 Å². The van der Waals surface area contributed by atoms with Crippen LogP contribution in [0.4, 0.5) is 0 Å². The second-order valence-corrected chi connectivity index (χ2v) is 6.92. The monoisotopic (exact) mass is 298 g/mol. The predicted molar refractivity (Wildman–Crippen MR) is 78.2 cm³/mol. The molecule has 1 fully saturated rings. The number of nitrogens with two attached hydrogens (primary N) is 1. The zero-order valence-corrected chi connectivity index (χ0v) is 12.6. The third-order valence-electron chi connectivity index (χ3n) is 3.76. The molecule has 0 aromatic heterocycles. The number of ether oxygens (including phenoxy) is 1. The summed E-state index contributed by atoms with van der Waals surface area (Å²) in [7, 11) is -1.92. The zero-order chi connectivity index (χ0) is 14.6. The van der Waals surface area contributed by atoms with E-state index < -0.39 is 10.0 Å². The van der Waals surface area contributed by atoms with Crippen molar-refractivity contribution in [3.05, 3.63) is 24.3 Å². The minimum Gasteiger partial charge on any atom is -0.497 e. The van der Waals surface area contributed by atoms with Gasteiger partial charge in [0.05, 0.1) is 12.0 Å². The van der Waals surface area contributed by atoms with Crippen molar-refractivity contribution in [2.75, 3.05) is 20.2 Å². The number of benzene rings is 1. The Morgan fingerprint density at radius 2 is 1.95 bits per heavy atom. The molecule has 20 heavy (non-hydrogen) atoms. The minimum absolute atomic E-state index is 0.0930. The fraction of sp³-hybridized carbons (Fsp3) is 0.571. The van der Waals surface area contributed by atoms with Crippen molar-refractivity contribution in [1.82, 2.24) is 4.31 Å². The molecule has 1 unspecified atom stereocenters. The molecule has 0 amide bonds. The van der Waals surface area contributed by atoms with Crippen molar-refractivity contribution >= 4 is 10.0 Å². The van der Waals surface area contributed by atoms with Crippen LogP contribution in [0.15, 0.2) is 29.2 Å². The fourth-order valence-electron chi connectivity index (χ4n) is 2.59. The largest absolute Gasteiger partial charge is 0.497 e. The Kier molecular flexibility index (Phi) is 5.01. The third-order valence-corrected chi connectivity index (χ3v) is 5.73. The Morgan fingerprint density at radius 1 is 1.25 bits per heavy atom. The van der Waals surface area contributed by atoms with Crippen molar-refractivity contribution in [3.63, 3.8) is 0 Å². The lowest BCUT2D eigenvalue weighted by Crippen LogP contribution is -2.44. The highest BCUT2D eigenvalue weighted by molar-refractivity contribution is 7.89. The van der Waals surface area contributed by atoms with E-state index in [2.05, 4.69) is 0 Å². The van der Waals surface area contributed by atoms with Crippen LogP contribution in [-0.2, 0) is 10.0 Å². The summed E-state index contributed by atoms with van der Waals surface area (Å²) in [5.41, 5.74) is 5.76. The molecule has 1 aromatic rings. The van der Waals surface area contributed by atoms with Crippen LogP contribution in [0.3, 0.4) is 0 Å². The Hall–Kier alpha value is -1.11. The molecule has 112 valence electrons. The molecule has 1 aliphatic rings. The molecule has 1 saturated heterocycles. The predicted octanol–water partition coefficient (Wildman–Crippen LogP) is 1.59. The Balaban J connectivity index is 2.30. The molecule has 0 radical (unpaired) electrons. The van der Waals surface area contributed by atoms with Crippen LogP contribution in [0.25, 0.3) is 0 Å². The number of rotatable bonds is 4. The van der Waals surface area contributed by atoms with E-state index in [0.29, 0.717) is 23.7 Å². The van der Waals surface area contributed by atoms with Gasteiger partial charge < -0.3 is 10.5 Å². The second-order valence-electron chi connectivity index (χ2n) is 5.03. The summed E-state index contributed by atoms with van der Waals surface area (Å²) in [6.45, 7) is 0.922. The molecule has 5 nitrogen and oxygen atoms in total. The maximum absolute atomic E-state index is 12.7. The summed E-state index contributed by atoms with van der Waals surface area (Å²) >= 11 is 0. The van der Waals surface area contributed by atoms with Crippen LogP contribution in [0, 0.1) is 0 Å². The number of sulfonamides is 1. The van der Waals surface area contributed by atoms with Gasteiger partial charge in [0.1, 0.15) is 5.75 Å². The van der Waals surface area contributed by atoms with E-state index in [1.165, 1.54) is 0 Å². The molecule has 2 N–H and O–H groups in total. The van der Waals surface area contributed by atoms with Gasteiger partial charge in [-0.3, -0.25) is 0 Å².